The van der Waals surface area contributed by atoms with E-state index in [4.69, 9.17) is 16.3 Å². The molecule has 0 aliphatic heterocycles. The monoisotopic (exact) mass is 388 g/mol. The molecule has 3 aliphatic carbocycles. The molecule has 0 bridgehead atoms. The molecule has 1 aromatic rings. The van der Waals surface area contributed by atoms with Gasteiger partial charge in [-0.2, -0.15) is 0 Å². The van der Waals surface area contributed by atoms with E-state index in [1.807, 2.05) is 0 Å². The molecule has 2 nitrogen and oxygen atoms in total. The Kier molecular flexibility index (Phi) is 6.12. The molecule has 4 atom stereocenters. The van der Waals surface area contributed by atoms with E-state index in [0.717, 1.165) is 30.1 Å². The van der Waals surface area contributed by atoms with Crippen LogP contribution in [0, 0.1) is 35.5 Å². The third-order valence-electron chi connectivity index (χ3n) is 7.75. The van der Waals surface area contributed by atoms with Gasteiger partial charge < -0.3 is 4.74 Å². The highest BCUT2D eigenvalue weighted by molar-refractivity contribution is 6.30. The first-order chi connectivity index (χ1) is 13.1. The zero-order valence-electron chi connectivity index (χ0n) is 16.5. The quantitative estimate of drug-likeness (QED) is 0.415. The fourth-order valence-corrected chi connectivity index (χ4v) is 6.30. The van der Waals surface area contributed by atoms with Crippen LogP contribution in [0.25, 0.3) is 0 Å². The topological polar surface area (TPSA) is 26.3 Å². The standard InChI is InChI=1S/C24H33ClO2/c1-16-5-7-17(8-6-16)18-9-14-22-19(15-18)3-2-4-23(22)24(26)27-21-12-10-20(25)11-13-21/h10-13,16-19,22-23H,2-9,14-15H2,1H3. The minimum Gasteiger partial charge on any atom is -0.426 e. The molecular formula is C24H33ClO2. The Balaban J connectivity index is 1.36. The van der Waals surface area contributed by atoms with E-state index in [9.17, 15) is 4.79 Å². The maximum atomic E-state index is 12.9. The summed E-state index contributed by atoms with van der Waals surface area (Å²) >= 11 is 5.93. The predicted octanol–water partition coefficient (Wildman–Crippen LogP) is 6.90. The number of benzene rings is 1. The van der Waals surface area contributed by atoms with Crippen LogP contribution >= 0.6 is 11.6 Å². The number of esters is 1. The summed E-state index contributed by atoms with van der Waals surface area (Å²) in [6.45, 7) is 2.41. The second-order valence-corrected chi connectivity index (χ2v) is 9.87. The minimum atomic E-state index is -0.0167. The summed E-state index contributed by atoms with van der Waals surface area (Å²) < 4.78 is 5.72. The van der Waals surface area contributed by atoms with Crippen molar-refractivity contribution in [3.05, 3.63) is 29.3 Å². The van der Waals surface area contributed by atoms with Crippen molar-refractivity contribution < 1.29 is 9.53 Å². The maximum absolute atomic E-state index is 12.9. The Morgan fingerprint density at radius 3 is 2.33 bits per heavy atom. The van der Waals surface area contributed by atoms with Gasteiger partial charge in [-0.3, -0.25) is 4.79 Å². The third kappa shape index (κ3) is 4.53. The van der Waals surface area contributed by atoms with E-state index >= 15 is 0 Å². The van der Waals surface area contributed by atoms with Crippen molar-refractivity contribution in [3.8, 4) is 5.75 Å². The Hall–Kier alpha value is -1.02. The smallest absolute Gasteiger partial charge is 0.314 e. The molecule has 0 radical (unpaired) electrons. The zero-order chi connectivity index (χ0) is 18.8. The lowest BCUT2D eigenvalue weighted by Gasteiger charge is -2.45. The molecule has 3 fully saturated rings. The highest BCUT2D eigenvalue weighted by atomic mass is 35.5. The molecule has 0 heterocycles. The summed E-state index contributed by atoms with van der Waals surface area (Å²) in [4.78, 5) is 12.9. The third-order valence-corrected chi connectivity index (χ3v) is 8.00. The van der Waals surface area contributed by atoms with Crippen LogP contribution in [0.3, 0.4) is 0 Å². The van der Waals surface area contributed by atoms with E-state index in [2.05, 4.69) is 6.92 Å². The molecule has 4 unspecified atom stereocenters. The van der Waals surface area contributed by atoms with Crippen LogP contribution in [0.4, 0.5) is 0 Å². The lowest BCUT2D eigenvalue weighted by molar-refractivity contribution is -0.144. The van der Waals surface area contributed by atoms with Gasteiger partial charge in [-0.15, -0.1) is 0 Å². The first kappa shape index (κ1) is 19.3. The van der Waals surface area contributed by atoms with Crippen LogP contribution in [-0.2, 0) is 4.79 Å². The molecule has 27 heavy (non-hydrogen) atoms. The fourth-order valence-electron chi connectivity index (χ4n) is 6.17. The lowest BCUT2D eigenvalue weighted by Crippen LogP contribution is -2.40. The number of carbonyl (C=O) groups excluding carboxylic acids is 1. The summed E-state index contributed by atoms with van der Waals surface area (Å²) in [6, 6.07) is 7.15. The van der Waals surface area contributed by atoms with E-state index in [1.54, 1.807) is 24.3 Å². The molecule has 0 N–H and O–H groups in total. The van der Waals surface area contributed by atoms with Crippen molar-refractivity contribution in [2.75, 3.05) is 0 Å². The molecule has 1 aromatic carbocycles. The number of hydrogen-bond donors (Lipinski definition) is 0. The Labute approximate surface area is 169 Å². The van der Waals surface area contributed by atoms with Gasteiger partial charge in [0.15, 0.2) is 0 Å². The van der Waals surface area contributed by atoms with E-state index < -0.39 is 0 Å². The average molecular weight is 389 g/mol. The molecule has 0 aromatic heterocycles. The van der Waals surface area contributed by atoms with Gasteiger partial charge in [0.25, 0.3) is 0 Å². The number of fused-ring (bicyclic) bond motifs is 1. The normalized spacial score (nSPS) is 36.7. The first-order valence-electron chi connectivity index (χ1n) is 11.1. The second kappa shape index (κ2) is 8.55. The van der Waals surface area contributed by atoms with E-state index in [1.165, 1.54) is 57.8 Å². The number of halogens is 1. The van der Waals surface area contributed by atoms with Gasteiger partial charge in [-0.05, 0) is 92.4 Å². The molecule has 4 rings (SSSR count). The summed E-state index contributed by atoms with van der Waals surface area (Å²) in [5, 5.41) is 0.669. The van der Waals surface area contributed by atoms with Crippen LogP contribution in [0.1, 0.15) is 71.1 Å². The Morgan fingerprint density at radius 2 is 1.59 bits per heavy atom. The molecular weight excluding hydrogens is 356 g/mol. The Bertz CT molecular complexity index is 632. The number of rotatable bonds is 3. The largest absolute Gasteiger partial charge is 0.426 e. The van der Waals surface area contributed by atoms with Crippen molar-refractivity contribution in [2.24, 2.45) is 35.5 Å². The molecule has 3 heteroatoms. The van der Waals surface area contributed by atoms with Gasteiger partial charge in [-0.1, -0.05) is 44.2 Å². The summed E-state index contributed by atoms with van der Waals surface area (Å²) in [5.41, 5.74) is 0. The lowest BCUT2D eigenvalue weighted by atomic mass is 9.59. The fraction of sp³-hybridized carbons (Fsp3) is 0.708. The van der Waals surface area contributed by atoms with Crippen LogP contribution in [0.15, 0.2) is 24.3 Å². The number of hydrogen-bond acceptors (Lipinski definition) is 2. The molecule has 0 spiro atoms. The summed E-state index contributed by atoms with van der Waals surface area (Å²) in [6.07, 6.45) is 13.1. The van der Waals surface area contributed by atoms with Crippen molar-refractivity contribution in [2.45, 2.75) is 71.1 Å². The molecule has 0 saturated heterocycles. The maximum Gasteiger partial charge on any atom is 0.314 e. The van der Waals surface area contributed by atoms with Gasteiger partial charge in [0.05, 0.1) is 5.92 Å². The second-order valence-electron chi connectivity index (χ2n) is 9.43. The van der Waals surface area contributed by atoms with Crippen LogP contribution in [0.2, 0.25) is 5.02 Å². The highest BCUT2D eigenvalue weighted by Crippen LogP contribution is 2.50. The molecule has 0 amide bonds. The number of carbonyl (C=O) groups is 1. The van der Waals surface area contributed by atoms with Gasteiger partial charge in [0.1, 0.15) is 5.75 Å². The molecule has 3 saturated carbocycles. The minimum absolute atomic E-state index is 0.0167. The van der Waals surface area contributed by atoms with Crippen molar-refractivity contribution in [1.82, 2.24) is 0 Å². The zero-order valence-corrected chi connectivity index (χ0v) is 17.3. The van der Waals surface area contributed by atoms with Crippen molar-refractivity contribution in [1.29, 1.82) is 0 Å². The van der Waals surface area contributed by atoms with Gasteiger partial charge >= 0.3 is 5.97 Å². The summed E-state index contributed by atoms with van der Waals surface area (Å²) in [7, 11) is 0. The Morgan fingerprint density at radius 1 is 0.889 bits per heavy atom. The van der Waals surface area contributed by atoms with Gasteiger partial charge in [-0.25, -0.2) is 0 Å². The van der Waals surface area contributed by atoms with Crippen molar-refractivity contribution >= 4 is 17.6 Å². The van der Waals surface area contributed by atoms with Crippen LogP contribution < -0.4 is 4.74 Å². The van der Waals surface area contributed by atoms with Gasteiger partial charge in [0.2, 0.25) is 0 Å². The van der Waals surface area contributed by atoms with Gasteiger partial charge in [0, 0.05) is 5.02 Å². The van der Waals surface area contributed by atoms with Crippen LogP contribution in [0.5, 0.6) is 5.75 Å². The highest BCUT2D eigenvalue weighted by Gasteiger charge is 2.43. The molecule has 148 valence electrons. The number of ether oxygens (including phenoxy) is 1. The average Bonchev–Trinajstić information content (AvgIpc) is 2.69. The SMILES string of the molecule is CC1CCC(C2CCC3C(CCCC3C(=O)Oc3ccc(Cl)cc3)C2)CC1. The van der Waals surface area contributed by atoms with E-state index in [0.29, 0.717) is 16.7 Å². The van der Waals surface area contributed by atoms with Crippen LogP contribution in [-0.4, -0.2) is 5.97 Å². The molecule has 3 aliphatic rings. The van der Waals surface area contributed by atoms with Crippen molar-refractivity contribution in [3.63, 3.8) is 0 Å². The summed E-state index contributed by atoms with van der Waals surface area (Å²) in [5.74, 6) is 4.75. The first-order valence-corrected chi connectivity index (χ1v) is 11.4. The van der Waals surface area contributed by atoms with E-state index in [-0.39, 0.29) is 11.9 Å². The predicted molar refractivity (Wildman–Crippen MR) is 110 cm³/mol.